The molecular weight excluding hydrogens is 144 g/mol. The van der Waals surface area contributed by atoms with Crippen LogP contribution in [0.5, 0.6) is 0 Å². The Kier molecular flexibility index (Phi) is 1.68. The molecule has 0 aliphatic heterocycles. The maximum atomic E-state index is 10.4. The van der Waals surface area contributed by atoms with E-state index in [0.29, 0.717) is 11.4 Å². The molecule has 0 radical (unpaired) electrons. The van der Waals surface area contributed by atoms with Gasteiger partial charge in [0.15, 0.2) is 0 Å². The van der Waals surface area contributed by atoms with E-state index >= 15 is 0 Å². The molecule has 0 aromatic heterocycles. The molecule has 0 fully saturated rings. The molecular formula is C7H9N2O2+. The SMILES string of the molecule is Nc1ccc(C(=O)O)cc1N.[H+]. The standard InChI is InChI=1S/C7H8N2O2/c8-5-2-1-4(7(10)11)3-6(5)9/h1-3H,8-9H2,(H,10,11)/p+1. The maximum absolute atomic E-state index is 10.4. The van der Waals surface area contributed by atoms with Crippen LogP contribution < -0.4 is 11.5 Å². The predicted octanol–water partition coefficient (Wildman–Crippen LogP) is 0.662. The molecule has 58 valence electrons. The van der Waals surface area contributed by atoms with Crippen LogP contribution in [0.1, 0.15) is 11.8 Å². The van der Waals surface area contributed by atoms with Crippen LogP contribution in [0.25, 0.3) is 0 Å². The van der Waals surface area contributed by atoms with E-state index in [2.05, 4.69) is 0 Å². The Balaban J connectivity index is 0.00000121. The highest BCUT2D eigenvalue weighted by atomic mass is 16.4. The van der Waals surface area contributed by atoms with Crippen LogP contribution in [-0.2, 0) is 0 Å². The minimum absolute atomic E-state index is 0. The molecule has 0 aliphatic carbocycles. The third-order valence-corrected chi connectivity index (χ3v) is 1.33. The van der Waals surface area contributed by atoms with Crippen molar-refractivity contribution in [3.8, 4) is 0 Å². The Labute approximate surface area is 64.9 Å². The third kappa shape index (κ3) is 1.40. The van der Waals surface area contributed by atoms with Crippen LogP contribution in [0.15, 0.2) is 18.2 Å². The lowest BCUT2D eigenvalue weighted by molar-refractivity contribution is 0.0697. The zero-order valence-electron chi connectivity index (χ0n) is 6.74. The molecule has 0 spiro atoms. The topological polar surface area (TPSA) is 89.3 Å². The van der Waals surface area contributed by atoms with E-state index in [1.165, 1.54) is 18.2 Å². The molecule has 5 N–H and O–H groups in total. The number of anilines is 2. The summed E-state index contributed by atoms with van der Waals surface area (Å²) in [6, 6.07) is 4.21. The van der Waals surface area contributed by atoms with E-state index < -0.39 is 5.97 Å². The van der Waals surface area contributed by atoms with E-state index in [1.807, 2.05) is 0 Å². The van der Waals surface area contributed by atoms with Crippen molar-refractivity contribution in [1.82, 2.24) is 0 Å². The lowest BCUT2D eigenvalue weighted by atomic mass is 10.2. The van der Waals surface area contributed by atoms with E-state index in [4.69, 9.17) is 16.6 Å². The molecule has 11 heavy (non-hydrogen) atoms. The quantitative estimate of drug-likeness (QED) is 0.517. The van der Waals surface area contributed by atoms with Gasteiger partial charge in [-0.05, 0) is 18.2 Å². The lowest BCUT2D eigenvalue weighted by Gasteiger charge is -1.99. The number of hydrogen-bond donors (Lipinski definition) is 3. The van der Waals surface area contributed by atoms with E-state index in [9.17, 15) is 4.79 Å². The predicted molar refractivity (Wildman–Crippen MR) is 43.3 cm³/mol. The van der Waals surface area contributed by atoms with Gasteiger partial charge in [-0.2, -0.15) is 0 Å². The number of nitrogen functional groups attached to an aromatic ring is 2. The summed E-state index contributed by atoms with van der Waals surface area (Å²) in [5, 5.41) is 8.50. The zero-order valence-corrected chi connectivity index (χ0v) is 5.74. The molecule has 0 heterocycles. The summed E-state index contributed by atoms with van der Waals surface area (Å²) in [5.74, 6) is -1.00. The number of benzene rings is 1. The molecule has 0 bridgehead atoms. The van der Waals surface area contributed by atoms with Crippen molar-refractivity contribution in [1.29, 1.82) is 0 Å². The zero-order chi connectivity index (χ0) is 8.43. The molecule has 1 aromatic carbocycles. The molecule has 0 atom stereocenters. The molecule has 0 amide bonds. The van der Waals surface area contributed by atoms with E-state index in [-0.39, 0.29) is 6.99 Å². The van der Waals surface area contributed by atoms with Crippen molar-refractivity contribution in [2.75, 3.05) is 11.5 Å². The van der Waals surface area contributed by atoms with Crippen LogP contribution >= 0.6 is 0 Å². The minimum atomic E-state index is -1.00. The minimum Gasteiger partial charge on any atom is -0.478 e. The summed E-state index contributed by atoms with van der Waals surface area (Å²) in [4.78, 5) is 10.4. The highest BCUT2D eigenvalue weighted by Gasteiger charge is 2.03. The van der Waals surface area contributed by atoms with Gasteiger partial charge in [-0.3, -0.25) is 0 Å². The number of carboxylic acid groups (broad SMARTS) is 1. The molecule has 0 saturated carbocycles. The fourth-order valence-corrected chi connectivity index (χ4v) is 0.708. The van der Waals surface area contributed by atoms with Crippen LogP contribution in [0.3, 0.4) is 0 Å². The monoisotopic (exact) mass is 153 g/mol. The van der Waals surface area contributed by atoms with Crippen molar-refractivity contribution in [2.45, 2.75) is 0 Å². The lowest BCUT2D eigenvalue weighted by Crippen LogP contribution is -2.00. The van der Waals surface area contributed by atoms with Crippen LogP contribution in [0.2, 0.25) is 0 Å². The second-order valence-corrected chi connectivity index (χ2v) is 2.15. The summed E-state index contributed by atoms with van der Waals surface area (Å²) in [6.07, 6.45) is 0. The average Bonchev–Trinajstić information content (AvgIpc) is 1.94. The highest BCUT2D eigenvalue weighted by Crippen LogP contribution is 2.15. The third-order valence-electron chi connectivity index (χ3n) is 1.33. The summed E-state index contributed by atoms with van der Waals surface area (Å²) >= 11 is 0. The van der Waals surface area contributed by atoms with Crippen LogP contribution in [0.4, 0.5) is 11.4 Å². The Morgan fingerprint density at radius 3 is 2.45 bits per heavy atom. The molecule has 0 saturated heterocycles. The molecule has 0 unspecified atom stereocenters. The van der Waals surface area contributed by atoms with Crippen molar-refractivity contribution >= 4 is 17.3 Å². The summed E-state index contributed by atoms with van der Waals surface area (Å²) in [7, 11) is 0. The van der Waals surface area contributed by atoms with Gasteiger partial charge in [0.1, 0.15) is 0 Å². The fraction of sp³-hybridized carbons (Fsp3) is 0. The number of aromatic carboxylic acids is 1. The van der Waals surface area contributed by atoms with E-state index in [0.717, 1.165) is 0 Å². The van der Waals surface area contributed by atoms with Crippen molar-refractivity contribution < 1.29 is 11.3 Å². The number of carboxylic acids is 1. The maximum Gasteiger partial charge on any atom is 1.00 e. The number of hydrogen-bond acceptors (Lipinski definition) is 3. The number of carbonyl (C=O) groups is 1. The Hall–Kier alpha value is -1.71. The first kappa shape index (κ1) is 7.40. The summed E-state index contributed by atoms with van der Waals surface area (Å²) < 4.78 is 0. The highest BCUT2D eigenvalue weighted by molar-refractivity contribution is 5.90. The second-order valence-electron chi connectivity index (χ2n) is 2.15. The van der Waals surface area contributed by atoms with Gasteiger partial charge in [0.05, 0.1) is 16.9 Å². The van der Waals surface area contributed by atoms with Gasteiger partial charge in [0, 0.05) is 0 Å². The molecule has 4 heteroatoms. The van der Waals surface area contributed by atoms with Crippen molar-refractivity contribution in [3.05, 3.63) is 23.8 Å². The van der Waals surface area contributed by atoms with Gasteiger partial charge in [-0.15, -0.1) is 0 Å². The van der Waals surface area contributed by atoms with Crippen molar-refractivity contribution in [3.63, 3.8) is 0 Å². The Bertz CT molecular complexity index is 301. The molecule has 1 aromatic rings. The molecule has 1 rings (SSSR count). The first-order valence-corrected chi connectivity index (χ1v) is 2.99. The van der Waals surface area contributed by atoms with Gasteiger partial charge < -0.3 is 16.6 Å². The second kappa shape index (κ2) is 2.49. The van der Waals surface area contributed by atoms with Gasteiger partial charge in [-0.1, -0.05) is 0 Å². The molecule has 0 aliphatic rings. The van der Waals surface area contributed by atoms with Crippen LogP contribution in [0, 0.1) is 0 Å². The van der Waals surface area contributed by atoms with Gasteiger partial charge in [0.2, 0.25) is 0 Å². The van der Waals surface area contributed by atoms with Crippen molar-refractivity contribution in [2.24, 2.45) is 0 Å². The number of nitrogens with two attached hydrogens (primary N) is 2. The Morgan fingerprint density at radius 2 is 2.00 bits per heavy atom. The average molecular weight is 153 g/mol. The largest absolute Gasteiger partial charge is 1.00 e. The first-order valence-electron chi connectivity index (χ1n) is 2.99. The Morgan fingerprint density at radius 1 is 1.36 bits per heavy atom. The van der Waals surface area contributed by atoms with Crippen LogP contribution in [-0.4, -0.2) is 11.1 Å². The molecule has 4 nitrogen and oxygen atoms in total. The van der Waals surface area contributed by atoms with Gasteiger partial charge in [0.25, 0.3) is 0 Å². The summed E-state index contributed by atoms with van der Waals surface area (Å²) in [6.45, 7) is 0. The normalized spacial score (nSPS) is 9.45. The van der Waals surface area contributed by atoms with E-state index in [1.54, 1.807) is 0 Å². The smallest absolute Gasteiger partial charge is 0.478 e. The van der Waals surface area contributed by atoms with Gasteiger partial charge in [-0.25, -0.2) is 4.79 Å². The van der Waals surface area contributed by atoms with Gasteiger partial charge >= 0.3 is 7.40 Å². The summed E-state index contributed by atoms with van der Waals surface area (Å²) in [5.41, 5.74) is 11.6. The first-order chi connectivity index (χ1) is 5.11. The number of rotatable bonds is 1. The fourth-order valence-electron chi connectivity index (χ4n) is 0.708.